The molecule has 0 aliphatic carbocycles. The molecule has 0 saturated heterocycles. The summed E-state index contributed by atoms with van der Waals surface area (Å²) in [6.45, 7) is 8.27. The molecule has 1 aromatic heterocycles. The Balaban J connectivity index is 2.28. The molecule has 1 atom stereocenters. The van der Waals surface area contributed by atoms with Crippen LogP contribution in [-0.2, 0) is 17.6 Å². The molecular weight excluding hydrogens is 378 g/mol. The van der Waals surface area contributed by atoms with Crippen molar-refractivity contribution in [2.75, 3.05) is 6.61 Å². The summed E-state index contributed by atoms with van der Waals surface area (Å²) in [5.41, 5.74) is 11.1. The van der Waals surface area contributed by atoms with E-state index in [1.165, 1.54) is 12.4 Å². The average Bonchev–Trinajstić information content (AvgIpc) is 2.73. The van der Waals surface area contributed by atoms with Gasteiger partial charge in [-0.3, -0.25) is 4.79 Å². The number of carbonyl (C=O) groups excluding carboxylic acids is 1. The van der Waals surface area contributed by atoms with Crippen LogP contribution in [0, 0.1) is 11.3 Å². The Bertz CT molecular complexity index is 1080. The summed E-state index contributed by atoms with van der Waals surface area (Å²) in [6.07, 6.45) is 5.92. The van der Waals surface area contributed by atoms with E-state index in [1.807, 2.05) is 0 Å². The molecule has 2 heterocycles. The Morgan fingerprint density at radius 1 is 1.30 bits per heavy atom. The first-order valence-corrected chi connectivity index (χ1v) is 10.4. The van der Waals surface area contributed by atoms with Crippen LogP contribution in [0.1, 0.15) is 60.8 Å². The molecule has 3 rings (SSSR count). The minimum absolute atomic E-state index is 0.0687. The summed E-state index contributed by atoms with van der Waals surface area (Å²) in [6, 6.07) is 5.82. The van der Waals surface area contributed by atoms with Crippen LogP contribution >= 0.6 is 0 Å². The van der Waals surface area contributed by atoms with Gasteiger partial charge in [-0.05, 0) is 48.4 Å². The van der Waals surface area contributed by atoms with Crippen molar-refractivity contribution in [2.24, 2.45) is 11.7 Å². The van der Waals surface area contributed by atoms with E-state index < -0.39 is 5.97 Å². The van der Waals surface area contributed by atoms with Crippen LogP contribution in [0.2, 0.25) is 0 Å². The number of benzene rings is 1. The molecule has 1 unspecified atom stereocenters. The summed E-state index contributed by atoms with van der Waals surface area (Å²) in [5.74, 6) is -0.296. The smallest absolute Gasteiger partial charge is 0.343 e. The predicted octanol–water partition coefficient (Wildman–Crippen LogP) is 3.96. The number of carbonyl (C=O) groups is 1. The summed E-state index contributed by atoms with van der Waals surface area (Å²) in [5, 5.41) is 7.70. The van der Waals surface area contributed by atoms with Crippen LogP contribution in [0.5, 0.6) is 0 Å². The topological polar surface area (TPSA) is 98.2 Å². The van der Waals surface area contributed by atoms with Crippen molar-refractivity contribution in [3.8, 4) is 11.3 Å². The lowest BCUT2D eigenvalue weighted by molar-refractivity contribution is 0.0523. The maximum absolute atomic E-state index is 12.7. The number of fused-ring (bicyclic) bond motifs is 3. The fraction of sp³-hybridized carbons (Fsp3) is 0.375. The number of aromatic nitrogens is 1. The van der Waals surface area contributed by atoms with Crippen LogP contribution in [0.3, 0.4) is 0 Å². The Labute approximate surface area is 176 Å². The summed E-state index contributed by atoms with van der Waals surface area (Å²) >= 11 is 0. The van der Waals surface area contributed by atoms with Crippen molar-refractivity contribution in [1.29, 1.82) is 5.41 Å². The number of esters is 1. The van der Waals surface area contributed by atoms with Gasteiger partial charge in [-0.2, -0.15) is 0 Å². The molecule has 1 aliphatic rings. The number of pyridine rings is 1. The van der Waals surface area contributed by atoms with Crippen LogP contribution in [0.25, 0.3) is 16.8 Å². The summed E-state index contributed by atoms with van der Waals surface area (Å²) in [4.78, 5) is 25.0. The highest BCUT2D eigenvalue weighted by molar-refractivity contribution is 6.09. The predicted molar refractivity (Wildman–Crippen MR) is 120 cm³/mol. The largest absolute Gasteiger partial charge is 0.462 e. The minimum atomic E-state index is -0.584. The third-order valence-electron chi connectivity index (χ3n) is 5.76. The molecule has 30 heavy (non-hydrogen) atoms. The molecule has 0 bridgehead atoms. The molecule has 0 saturated carbocycles. The second-order valence-electron chi connectivity index (χ2n) is 7.87. The highest BCUT2D eigenvalue weighted by Crippen LogP contribution is 2.39. The molecule has 2 aromatic rings. The fourth-order valence-electron chi connectivity index (χ4n) is 4.16. The van der Waals surface area contributed by atoms with Gasteiger partial charge in [0.25, 0.3) is 0 Å². The summed E-state index contributed by atoms with van der Waals surface area (Å²) in [7, 11) is 0. The van der Waals surface area contributed by atoms with Crippen molar-refractivity contribution in [3.63, 3.8) is 0 Å². The lowest BCUT2D eigenvalue weighted by atomic mass is 9.83. The number of ether oxygens (including phenoxy) is 1. The molecule has 0 radical (unpaired) electrons. The zero-order valence-electron chi connectivity index (χ0n) is 18.0. The molecule has 6 heteroatoms. The van der Waals surface area contributed by atoms with Crippen molar-refractivity contribution in [3.05, 3.63) is 63.1 Å². The molecule has 3 N–H and O–H groups in total. The maximum Gasteiger partial charge on any atom is 0.343 e. The number of nitrogens with zero attached hydrogens (tertiary/aromatic N) is 1. The van der Waals surface area contributed by atoms with E-state index in [4.69, 9.17) is 15.9 Å². The Kier molecular flexibility index (Phi) is 6.25. The first kappa shape index (κ1) is 21.6. The van der Waals surface area contributed by atoms with Gasteiger partial charge in [0.15, 0.2) is 5.43 Å². The zero-order chi connectivity index (χ0) is 22.0. The number of aryl methyl sites for hydroxylation is 1. The zero-order valence-corrected chi connectivity index (χ0v) is 18.0. The number of rotatable bonds is 6. The quantitative estimate of drug-likeness (QED) is 0.559. The van der Waals surface area contributed by atoms with E-state index in [0.717, 1.165) is 40.8 Å². The molecule has 0 spiro atoms. The molecule has 158 valence electrons. The van der Waals surface area contributed by atoms with E-state index in [2.05, 4.69) is 37.5 Å². The maximum atomic E-state index is 12.7. The second kappa shape index (κ2) is 8.69. The second-order valence-corrected chi connectivity index (χ2v) is 7.87. The monoisotopic (exact) mass is 407 g/mol. The van der Waals surface area contributed by atoms with Crippen LogP contribution in [0.4, 0.5) is 0 Å². The lowest BCUT2D eigenvalue weighted by Gasteiger charge is -2.34. The normalized spacial score (nSPS) is 15.5. The van der Waals surface area contributed by atoms with Gasteiger partial charge >= 0.3 is 5.97 Å². The molecule has 1 aliphatic heterocycles. The number of nitrogens with two attached hydrogens (primary N) is 1. The van der Waals surface area contributed by atoms with Crippen LogP contribution in [-0.4, -0.2) is 23.4 Å². The Hall–Kier alpha value is -3.15. The van der Waals surface area contributed by atoms with E-state index in [-0.39, 0.29) is 29.6 Å². The fourth-order valence-corrected chi connectivity index (χ4v) is 4.16. The van der Waals surface area contributed by atoms with Gasteiger partial charge < -0.3 is 20.4 Å². The van der Waals surface area contributed by atoms with Crippen LogP contribution in [0.15, 0.2) is 35.4 Å². The molecule has 1 aromatic carbocycles. The van der Waals surface area contributed by atoms with Crippen molar-refractivity contribution < 1.29 is 9.53 Å². The third-order valence-corrected chi connectivity index (χ3v) is 5.76. The molecule has 0 amide bonds. The minimum Gasteiger partial charge on any atom is -0.462 e. The van der Waals surface area contributed by atoms with Crippen molar-refractivity contribution >= 4 is 17.8 Å². The SMILES string of the molecule is CCOC(=O)c1cn2c(cc1=O)-c1cc(CC)c(/C(C=N)=C/N)cc1CC2C(C)C. The molecule has 0 fully saturated rings. The number of nitrogens with one attached hydrogen (secondary N) is 1. The summed E-state index contributed by atoms with van der Waals surface area (Å²) < 4.78 is 7.13. The van der Waals surface area contributed by atoms with Gasteiger partial charge in [-0.1, -0.05) is 26.8 Å². The first-order valence-electron chi connectivity index (χ1n) is 10.4. The highest BCUT2D eigenvalue weighted by atomic mass is 16.5. The van der Waals surface area contributed by atoms with Gasteiger partial charge in [-0.25, -0.2) is 4.79 Å². The van der Waals surface area contributed by atoms with Gasteiger partial charge in [0, 0.05) is 41.9 Å². The number of hydrogen-bond donors (Lipinski definition) is 2. The van der Waals surface area contributed by atoms with E-state index >= 15 is 0 Å². The van der Waals surface area contributed by atoms with Crippen molar-refractivity contribution in [1.82, 2.24) is 4.57 Å². The van der Waals surface area contributed by atoms with E-state index in [0.29, 0.717) is 5.57 Å². The average molecular weight is 408 g/mol. The van der Waals surface area contributed by atoms with Crippen LogP contribution < -0.4 is 11.2 Å². The first-order chi connectivity index (χ1) is 14.4. The van der Waals surface area contributed by atoms with Crippen molar-refractivity contribution in [2.45, 2.75) is 46.6 Å². The Morgan fingerprint density at radius 3 is 2.60 bits per heavy atom. The standard InChI is InChI=1S/C24H29N3O3/c1-5-15-7-19-16(8-18(15)17(11-25)12-26)9-21(14(3)4)27-13-20(24(29)30-6-2)23(28)10-22(19)27/h7-8,10-14,21,25H,5-6,9,26H2,1-4H3/b17-12+,25-11?. The molecule has 6 nitrogen and oxygen atoms in total. The van der Waals surface area contributed by atoms with E-state index in [9.17, 15) is 9.59 Å². The Morgan fingerprint density at radius 2 is 2.03 bits per heavy atom. The van der Waals surface area contributed by atoms with E-state index in [1.54, 1.807) is 19.2 Å². The molecular formula is C24H29N3O3. The third kappa shape index (κ3) is 3.70. The lowest BCUT2D eigenvalue weighted by Crippen LogP contribution is -2.29. The van der Waals surface area contributed by atoms with Gasteiger partial charge in [0.1, 0.15) is 5.56 Å². The number of hydrogen-bond acceptors (Lipinski definition) is 5. The van der Waals surface area contributed by atoms with Gasteiger partial charge in [0.2, 0.25) is 0 Å². The van der Waals surface area contributed by atoms with Gasteiger partial charge in [-0.15, -0.1) is 0 Å². The van der Waals surface area contributed by atoms with Gasteiger partial charge in [0.05, 0.1) is 12.3 Å². The highest BCUT2D eigenvalue weighted by Gasteiger charge is 2.29. The number of allylic oxidation sites excluding steroid dienone is 1.